The number of rotatable bonds is 1. The molecule has 0 saturated heterocycles. The monoisotopic (exact) mass is 206 g/mol. The molecule has 0 heterocycles. The number of halogens is 1. The average molecular weight is 207 g/mol. The van der Waals surface area contributed by atoms with Gasteiger partial charge in [0.05, 0.1) is 0 Å². The second-order valence-corrected chi connectivity index (χ2v) is 7.19. The molecular weight excluding hydrogens is 191 g/mol. The summed E-state index contributed by atoms with van der Waals surface area (Å²) in [4.78, 5) is 0. The summed E-state index contributed by atoms with van der Waals surface area (Å²) in [7, 11) is 0. The summed E-state index contributed by atoms with van der Waals surface area (Å²) < 4.78 is 1.72. The molecule has 1 aliphatic carbocycles. The molecule has 0 atom stereocenters. The Kier molecular flexibility index (Phi) is 4.69. The van der Waals surface area contributed by atoms with Gasteiger partial charge in [-0.15, -0.1) is 0 Å². The molecule has 0 saturated carbocycles. The minimum Gasteiger partial charge on any atom is -1.00 e. The number of hydrogen-bond acceptors (Lipinski definition) is 0. The van der Waals surface area contributed by atoms with Crippen molar-refractivity contribution in [1.29, 1.82) is 0 Å². The van der Waals surface area contributed by atoms with Crippen molar-refractivity contribution in [3.8, 4) is 0 Å². The van der Waals surface area contributed by atoms with Crippen LogP contribution in [0.5, 0.6) is 0 Å². The molecule has 0 N–H and O–H groups in total. The van der Waals surface area contributed by atoms with E-state index in [4.69, 9.17) is 0 Å². The maximum atomic E-state index is 2.43. The largest absolute Gasteiger partial charge is 1.00 e. The van der Waals surface area contributed by atoms with Crippen LogP contribution in [0.4, 0.5) is 0 Å². The molecule has 1 rings (SSSR count). The Labute approximate surface area is 82.0 Å². The third-order valence-electron chi connectivity index (χ3n) is 2.20. The van der Waals surface area contributed by atoms with Gasteiger partial charge in [0.2, 0.25) is 0 Å². The van der Waals surface area contributed by atoms with Crippen LogP contribution in [-0.4, -0.2) is 0 Å². The maximum absolute atomic E-state index is 2.43. The van der Waals surface area contributed by atoms with Crippen LogP contribution in [-0.2, 0) is 17.9 Å². The molecule has 0 radical (unpaired) electrons. The van der Waals surface area contributed by atoms with E-state index >= 15 is 0 Å². The fourth-order valence-corrected chi connectivity index (χ4v) is 3.67. The molecule has 2 heteroatoms. The first-order valence-corrected chi connectivity index (χ1v) is 7.70. The van der Waals surface area contributed by atoms with Gasteiger partial charge >= 0.3 is 69.7 Å². The zero-order chi connectivity index (χ0) is 7.72. The van der Waals surface area contributed by atoms with Crippen molar-refractivity contribution >= 4 is 0 Å². The van der Waals surface area contributed by atoms with E-state index in [2.05, 4.69) is 30.4 Å². The van der Waals surface area contributed by atoms with E-state index in [1.807, 2.05) is 0 Å². The quantitative estimate of drug-likeness (QED) is 0.543. The zero-order valence-corrected chi connectivity index (χ0v) is 9.98. The summed E-state index contributed by atoms with van der Waals surface area (Å²) in [6.45, 7) is 4.52. The van der Waals surface area contributed by atoms with Gasteiger partial charge in [0.1, 0.15) is 0 Å². The summed E-state index contributed by atoms with van der Waals surface area (Å²) in [6.07, 6.45) is 3.65. The van der Waals surface area contributed by atoms with Crippen molar-refractivity contribution in [2.75, 3.05) is 0 Å². The molecule has 0 bridgehead atoms. The Hall–Kier alpha value is 0.484. The molecular formula is C9H15ClTi. The fraction of sp³-hybridized carbons (Fsp3) is 0.556. The van der Waals surface area contributed by atoms with Crippen molar-refractivity contribution in [2.24, 2.45) is 0 Å². The van der Waals surface area contributed by atoms with Crippen LogP contribution in [0.2, 0.25) is 10.5 Å². The van der Waals surface area contributed by atoms with Gasteiger partial charge in [0.25, 0.3) is 0 Å². The van der Waals surface area contributed by atoms with Crippen molar-refractivity contribution in [1.82, 2.24) is 0 Å². The van der Waals surface area contributed by atoms with Crippen LogP contribution in [0.3, 0.4) is 0 Å². The van der Waals surface area contributed by atoms with Gasteiger partial charge in [0.15, 0.2) is 0 Å². The third-order valence-corrected chi connectivity index (χ3v) is 4.78. The molecule has 0 amide bonds. The van der Waals surface area contributed by atoms with E-state index in [0.29, 0.717) is 0 Å². The van der Waals surface area contributed by atoms with Gasteiger partial charge in [-0.1, -0.05) is 0 Å². The van der Waals surface area contributed by atoms with Crippen LogP contribution in [0.1, 0.15) is 20.3 Å². The number of hydrogen-bond donors (Lipinski definition) is 0. The molecule has 0 nitrogen and oxygen atoms in total. The minimum atomic E-state index is -0.761. The predicted molar refractivity (Wildman–Crippen MR) is 42.8 cm³/mol. The van der Waals surface area contributed by atoms with Crippen LogP contribution >= 0.6 is 0 Å². The molecule has 0 aliphatic heterocycles. The van der Waals surface area contributed by atoms with Crippen LogP contribution in [0, 0.1) is 0 Å². The smallest absolute Gasteiger partial charge is 1.00 e. The van der Waals surface area contributed by atoms with Gasteiger partial charge < -0.3 is 12.4 Å². The summed E-state index contributed by atoms with van der Waals surface area (Å²) in [5, 5.41) is 4.85. The van der Waals surface area contributed by atoms with Crippen LogP contribution in [0.15, 0.2) is 21.1 Å². The standard InChI is InChI=1S/C7H9.2CH3.ClH.Ti/c1-6-4-3-5-7(6)2;;;;/h3H,4H2,1-2H3;2*1H3;1H;/q;;;;+1/p-1. The van der Waals surface area contributed by atoms with E-state index in [1.54, 1.807) is 15.0 Å². The second-order valence-electron chi connectivity index (χ2n) is 3.23. The Bertz CT molecular complexity index is 202. The topological polar surface area (TPSA) is 0 Å². The van der Waals surface area contributed by atoms with Crippen molar-refractivity contribution in [3.63, 3.8) is 0 Å². The normalized spacial score (nSPS) is 16.2. The van der Waals surface area contributed by atoms with Gasteiger partial charge in [-0.25, -0.2) is 0 Å². The molecule has 0 aromatic carbocycles. The number of allylic oxidation sites excluding steroid dienone is 4. The SMILES string of the molecule is CC1=C(C)[C]([Ti+]([CH3])[CH3])=CC1.[Cl-]. The van der Waals surface area contributed by atoms with Crippen LogP contribution < -0.4 is 12.4 Å². The predicted octanol–water partition coefficient (Wildman–Crippen LogP) is 0.329. The molecule has 11 heavy (non-hydrogen) atoms. The Balaban J connectivity index is 0.000001000. The van der Waals surface area contributed by atoms with E-state index in [1.165, 1.54) is 6.42 Å². The molecule has 0 unspecified atom stereocenters. The molecule has 62 valence electrons. The van der Waals surface area contributed by atoms with Crippen molar-refractivity contribution in [2.45, 2.75) is 30.7 Å². The van der Waals surface area contributed by atoms with E-state index < -0.39 is 17.9 Å². The fourth-order valence-electron chi connectivity index (χ4n) is 1.37. The summed E-state index contributed by atoms with van der Waals surface area (Å²) in [6, 6.07) is 0. The molecule has 1 aliphatic rings. The summed E-state index contributed by atoms with van der Waals surface area (Å²) in [5.74, 6) is 0. The van der Waals surface area contributed by atoms with E-state index in [0.717, 1.165) is 0 Å². The molecule has 0 spiro atoms. The van der Waals surface area contributed by atoms with Gasteiger partial charge in [-0.3, -0.25) is 0 Å². The maximum Gasteiger partial charge on any atom is -1.00 e. The van der Waals surface area contributed by atoms with Gasteiger partial charge in [-0.05, 0) is 0 Å². The molecule has 0 aromatic rings. The molecule has 0 fully saturated rings. The summed E-state index contributed by atoms with van der Waals surface area (Å²) >= 11 is -0.761. The second kappa shape index (κ2) is 4.50. The average Bonchev–Trinajstić information content (AvgIpc) is 2.14. The van der Waals surface area contributed by atoms with Crippen molar-refractivity contribution < 1.29 is 30.3 Å². The zero-order valence-electron chi connectivity index (χ0n) is 7.66. The molecule has 0 aromatic heterocycles. The summed E-state index contributed by atoms with van der Waals surface area (Å²) in [5.41, 5.74) is 3.18. The first kappa shape index (κ1) is 11.5. The van der Waals surface area contributed by atoms with Crippen molar-refractivity contribution in [3.05, 3.63) is 21.1 Å². The Morgan fingerprint density at radius 2 is 1.82 bits per heavy atom. The van der Waals surface area contributed by atoms with E-state index in [9.17, 15) is 0 Å². The first-order chi connectivity index (χ1) is 4.63. The third kappa shape index (κ3) is 2.47. The van der Waals surface area contributed by atoms with Crippen LogP contribution in [0.25, 0.3) is 0 Å². The Morgan fingerprint density at radius 3 is 2.00 bits per heavy atom. The van der Waals surface area contributed by atoms with Gasteiger partial charge in [0, 0.05) is 0 Å². The minimum absolute atomic E-state index is 0. The first-order valence-electron chi connectivity index (χ1n) is 3.80. The Morgan fingerprint density at radius 1 is 1.27 bits per heavy atom. The van der Waals surface area contributed by atoms with E-state index in [-0.39, 0.29) is 12.4 Å². The van der Waals surface area contributed by atoms with Gasteiger partial charge in [-0.2, -0.15) is 0 Å².